The summed E-state index contributed by atoms with van der Waals surface area (Å²) in [4.78, 5) is 0. The zero-order chi connectivity index (χ0) is 10.8. The van der Waals surface area contributed by atoms with Crippen LogP contribution in [-0.4, -0.2) is 4.57 Å². The quantitative estimate of drug-likeness (QED) is 0.732. The summed E-state index contributed by atoms with van der Waals surface area (Å²) in [6, 6.07) is 9.74. The van der Waals surface area contributed by atoms with E-state index in [1.807, 2.05) is 36.7 Å². The van der Waals surface area contributed by atoms with Gasteiger partial charge in [-0.15, -0.1) is 0 Å². The third-order valence-corrected chi connectivity index (χ3v) is 3.06. The molecule has 0 aliphatic rings. The van der Waals surface area contributed by atoms with Crippen LogP contribution in [0.5, 0.6) is 0 Å². The number of benzene rings is 1. The van der Waals surface area contributed by atoms with Crippen molar-refractivity contribution in [3.63, 3.8) is 0 Å². The van der Waals surface area contributed by atoms with Gasteiger partial charge in [0.2, 0.25) is 0 Å². The van der Waals surface area contributed by atoms with Crippen molar-refractivity contribution in [3.05, 3.63) is 58.3 Å². The Balaban J connectivity index is 2.41. The molecule has 2 rings (SSSR count). The smallest absolute Gasteiger partial charge is 0.0567 e. The van der Waals surface area contributed by atoms with Crippen LogP contribution in [0.4, 0.5) is 0 Å². The SMILES string of the molecule is CC(c1cc(Cl)ccc1Cl)n1cccc1. The van der Waals surface area contributed by atoms with Crippen molar-refractivity contribution in [2.75, 3.05) is 0 Å². The second-order valence-electron chi connectivity index (χ2n) is 3.47. The number of aromatic nitrogens is 1. The molecule has 1 aromatic heterocycles. The fraction of sp³-hybridized carbons (Fsp3) is 0.167. The van der Waals surface area contributed by atoms with Gasteiger partial charge in [-0.25, -0.2) is 0 Å². The molecule has 1 aromatic carbocycles. The number of hydrogen-bond acceptors (Lipinski definition) is 0. The first kappa shape index (κ1) is 10.6. The Morgan fingerprint density at radius 2 is 1.80 bits per heavy atom. The Labute approximate surface area is 99.2 Å². The van der Waals surface area contributed by atoms with Gasteiger partial charge in [0, 0.05) is 22.4 Å². The Morgan fingerprint density at radius 1 is 1.13 bits per heavy atom. The standard InChI is InChI=1S/C12H11Cl2N/c1-9(15-6-2-3-7-15)11-8-10(13)4-5-12(11)14/h2-9H,1H3. The van der Waals surface area contributed by atoms with Gasteiger partial charge >= 0.3 is 0 Å². The summed E-state index contributed by atoms with van der Waals surface area (Å²) in [5.41, 5.74) is 1.04. The average Bonchev–Trinajstić information content (AvgIpc) is 2.74. The largest absolute Gasteiger partial charge is 0.347 e. The molecule has 78 valence electrons. The predicted octanol–water partition coefficient (Wildman–Crippen LogP) is 4.40. The molecule has 0 saturated heterocycles. The van der Waals surface area contributed by atoms with Crippen LogP contribution < -0.4 is 0 Å². The molecule has 0 aliphatic carbocycles. The van der Waals surface area contributed by atoms with E-state index in [2.05, 4.69) is 11.5 Å². The van der Waals surface area contributed by atoms with Crippen molar-refractivity contribution in [2.45, 2.75) is 13.0 Å². The summed E-state index contributed by atoms with van der Waals surface area (Å²) in [5, 5.41) is 1.47. The molecular weight excluding hydrogens is 229 g/mol. The third-order valence-electron chi connectivity index (χ3n) is 2.48. The normalized spacial score (nSPS) is 12.7. The second-order valence-corrected chi connectivity index (χ2v) is 4.32. The highest BCUT2D eigenvalue weighted by Crippen LogP contribution is 2.28. The number of rotatable bonds is 2. The van der Waals surface area contributed by atoms with Crippen LogP contribution in [0.1, 0.15) is 18.5 Å². The molecule has 1 heterocycles. The number of hydrogen-bond donors (Lipinski definition) is 0. The third kappa shape index (κ3) is 2.19. The van der Waals surface area contributed by atoms with E-state index >= 15 is 0 Å². The predicted molar refractivity (Wildman–Crippen MR) is 64.7 cm³/mol. The first-order chi connectivity index (χ1) is 7.18. The van der Waals surface area contributed by atoms with Crippen molar-refractivity contribution in [3.8, 4) is 0 Å². The van der Waals surface area contributed by atoms with Gasteiger partial charge in [0.15, 0.2) is 0 Å². The van der Waals surface area contributed by atoms with E-state index in [-0.39, 0.29) is 6.04 Å². The van der Waals surface area contributed by atoms with Crippen LogP contribution in [0.15, 0.2) is 42.7 Å². The van der Waals surface area contributed by atoms with Crippen LogP contribution >= 0.6 is 23.2 Å². The molecule has 0 bridgehead atoms. The van der Waals surface area contributed by atoms with E-state index < -0.39 is 0 Å². The van der Waals surface area contributed by atoms with Gasteiger partial charge in [-0.05, 0) is 42.8 Å². The number of nitrogens with zero attached hydrogens (tertiary/aromatic N) is 1. The Bertz CT molecular complexity index is 449. The molecular formula is C12H11Cl2N. The maximum absolute atomic E-state index is 6.14. The molecule has 2 aromatic rings. The Hall–Kier alpha value is -0.920. The Kier molecular flexibility index (Phi) is 3.03. The first-order valence-corrected chi connectivity index (χ1v) is 5.51. The van der Waals surface area contributed by atoms with Crippen LogP contribution in [0.25, 0.3) is 0 Å². The van der Waals surface area contributed by atoms with Crippen LogP contribution in [-0.2, 0) is 0 Å². The lowest BCUT2D eigenvalue weighted by Crippen LogP contribution is -2.04. The summed E-state index contributed by atoms with van der Waals surface area (Å²) in [5.74, 6) is 0. The summed E-state index contributed by atoms with van der Waals surface area (Å²) in [6.07, 6.45) is 4.03. The highest BCUT2D eigenvalue weighted by atomic mass is 35.5. The van der Waals surface area contributed by atoms with Crippen molar-refractivity contribution in [2.24, 2.45) is 0 Å². The maximum Gasteiger partial charge on any atom is 0.0567 e. The summed E-state index contributed by atoms with van der Waals surface area (Å²) in [6.45, 7) is 2.09. The van der Waals surface area contributed by atoms with Gasteiger partial charge in [-0.2, -0.15) is 0 Å². The van der Waals surface area contributed by atoms with E-state index in [1.54, 1.807) is 6.07 Å². The zero-order valence-electron chi connectivity index (χ0n) is 8.32. The second kappa shape index (κ2) is 4.30. The maximum atomic E-state index is 6.14. The summed E-state index contributed by atoms with van der Waals surface area (Å²) in [7, 11) is 0. The topological polar surface area (TPSA) is 4.93 Å². The van der Waals surface area contributed by atoms with Crippen LogP contribution in [0, 0.1) is 0 Å². The fourth-order valence-electron chi connectivity index (χ4n) is 1.60. The lowest BCUT2D eigenvalue weighted by atomic mass is 10.1. The zero-order valence-corrected chi connectivity index (χ0v) is 9.83. The van der Waals surface area contributed by atoms with Gasteiger partial charge in [0.05, 0.1) is 6.04 Å². The van der Waals surface area contributed by atoms with Gasteiger partial charge in [0.25, 0.3) is 0 Å². The van der Waals surface area contributed by atoms with Crippen LogP contribution in [0.3, 0.4) is 0 Å². The van der Waals surface area contributed by atoms with Gasteiger partial charge in [0.1, 0.15) is 0 Å². The van der Waals surface area contributed by atoms with Gasteiger partial charge in [-0.3, -0.25) is 0 Å². The van der Waals surface area contributed by atoms with E-state index in [4.69, 9.17) is 23.2 Å². The lowest BCUT2D eigenvalue weighted by Gasteiger charge is -2.15. The van der Waals surface area contributed by atoms with Crippen molar-refractivity contribution in [1.82, 2.24) is 4.57 Å². The average molecular weight is 240 g/mol. The molecule has 0 N–H and O–H groups in total. The minimum atomic E-state index is 0.200. The number of halogens is 2. The molecule has 0 spiro atoms. The molecule has 15 heavy (non-hydrogen) atoms. The molecule has 0 saturated carbocycles. The first-order valence-electron chi connectivity index (χ1n) is 4.76. The van der Waals surface area contributed by atoms with E-state index in [9.17, 15) is 0 Å². The monoisotopic (exact) mass is 239 g/mol. The molecule has 0 amide bonds. The molecule has 0 aliphatic heterocycles. The fourth-order valence-corrected chi connectivity index (χ4v) is 2.06. The van der Waals surface area contributed by atoms with E-state index in [1.165, 1.54) is 0 Å². The summed E-state index contributed by atoms with van der Waals surface area (Å²) < 4.78 is 2.09. The highest BCUT2D eigenvalue weighted by molar-refractivity contribution is 6.33. The molecule has 0 fully saturated rings. The van der Waals surface area contributed by atoms with Gasteiger partial charge < -0.3 is 4.57 Å². The lowest BCUT2D eigenvalue weighted by molar-refractivity contribution is 0.643. The molecule has 1 unspecified atom stereocenters. The van der Waals surface area contributed by atoms with Crippen molar-refractivity contribution in [1.29, 1.82) is 0 Å². The molecule has 0 radical (unpaired) electrons. The molecule has 1 atom stereocenters. The highest BCUT2D eigenvalue weighted by Gasteiger charge is 2.10. The van der Waals surface area contributed by atoms with E-state index in [0.717, 1.165) is 10.6 Å². The van der Waals surface area contributed by atoms with Crippen LogP contribution in [0.2, 0.25) is 10.0 Å². The van der Waals surface area contributed by atoms with E-state index in [0.29, 0.717) is 5.02 Å². The van der Waals surface area contributed by atoms with Crippen molar-refractivity contribution >= 4 is 23.2 Å². The minimum Gasteiger partial charge on any atom is -0.347 e. The van der Waals surface area contributed by atoms with Crippen molar-refractivity contribution < 1.29 is 0 Å². The molecule has 3 heteroatoms. The minimum absolute atomic E-state index is 0.200. The summed E-state index contributed by atoms with van der Waals surface area (Å²) >= 11 is 12.1. The molecule has 1 nitrogen and oxygen atoms in total. The van der Waals surface area contributed by atoms with Gasteiger partial charge in [-0.1, -0.05) is 23.2 Å². The Morgan fingerprint density at radius 3 is 2.47 bits per heavy atom.